The summed E-state index contributed by atoms with van der Waals surface area (Å²) < 4.78 is 13.9. The molecule has 0 radical (unpaired) electrons. The molecule has 0 saturated heterocycles. The minimum atomic E-state index is 0.513. The van der Waals surface area contributed by atoms with E-state index in [1.807, 2.05) is 38.1 Å². The van der Waals surface area contributed by atoms with Gasteiger partial charge in [-0.05, 0) is 32.0 Å². The number of nitrogens with zero attached hydrogens (tertiary/aromatic N) is 6. The van der Waals surface area contributed by atoms with Gasteiger partial charge in [-0.3, -0.25) is 0 Å². The first-order valence-electron chi connectivity index (χ1n) is 7.33. The van der Waals surface area contributed by atoms with E-state index in [0.717, 1.165) is 17.0 Å². The van der Waals surface area contributed by atoms with Crippen molar-refractivity contribution in [2.24, 2.45) is 5.10 Å². The molecule has 124 valence electrons. The van der Waals surface area contributed by atoms with Gasteiger partial charge in [0.15, 0.2) is 11.5 Å². The molecule has 0 saturated carbocycles. The predicted octanol–water partition coefficient (Wildman–Crippen LogP) is 1.98. The van der Waals surface area contributed by atoms with Crippen LogP contribution in [-0.2, 0) is 0 Å². The lowest BCUT2D eigenvalue weighted by molar-refractivity contribution is 0.354. The van der Waals surface area contributed by atoms with Crippen LogP contribution in [-0.4, -0.2) is 45.1 Å². The number of benzene rings is 1. The van der Waals surface area contributed by atoms with Crippen molar-refractivity contribution in [1.82, 2.24) is 24.7 Å². The number of rotatable bonds is 5. The zero-order valence-electron chi connectivity index (χ0n) is 14.0. The van der Waals surface area contributed by atoms with Crippen LogP contribution in [0, 0.1) is 13.8 Å². The number of para-hydroxylation sites is 1. The number of aryl methyl sites for hydroxylation is 2. The van der Waals surface area contributed by atoms with Crippen LogP contribution < -0.4 is 9.47 Å². The van der Waals surface area contributed by atoms with Crippen LogP contribution in [0.25, 0.3) is 5.95 Å². The third kappa shape index (κ3) is 2.85. The van der Waals surface area contributed by atoms with Crippen LogP contribution in [0.1, 0.15) is 17.0 Å². The molecule has 0 atom stereocenters. The fraction of sp³-hybridized carbons (Fsp3) is 0.250. The topological polar surface area (TPSA) is 79.4 Å². The van der Waals surface area contributed by atoms with Gasteiger partial charge in [-0.1, -0.05) is 6.07 Å². The van der Waals surface area contributed by atoms with Crippen molar-refractivity contribution in [2.45, 2.75) is 13.8 Å². The molecule has 1 aromatic carbocycles. The second kappa shape index (κ2) is 6.53. The molecule has 0 unspecified atom stereocenters. The lowest BCUT2D eigenvalue weighted by Crippen LogP contribution is -2.06. The maximum absolute atomic E-state index is 5.40. The van der Waals surface area contributed by atoms with Crippen LogP contribution in [0.3, 0.4) is 0 Å². The van der Waals surface area contributed by atoms with Crippen molar-refractivity contribution in [3.05, 3.63) is 47.5 Å². The molecule has 2 heterocycles. The third-order valence-corrected chi connectivity index (χ3v) is 3.47. The summed E-state index contributed by atoms with van der Waals surface area (Å²) in [5.41, 5.74) is 2.64. The molecule has 24 heavy (non-hydrogen) atoms. The zero-order valence-corrected chi connectivity index (χ0v) is 14.0. The smallest absolute Gasteiger partial charge is 0.273 e. The van der Waals surface area contributed by atoms with Gasteiger partial charge >= 0.3 is 0 Å². The van der Waals surface area contributed by atoms with Gasteiger partial charge < -0.3 is 9.47 Å². The summed E-state index contributed by atoms with van der Waals surface area (Å²) in [5, 5.41) is 16.8. The molecular weight excluding hydrogens is 308 g/mol. The van der Waals surface area contributed by atoms with E-state index in [4.69, 9.17) is 9.47 Å². The molecule has 0 fully saturated rings. The highest BCUT2D eigenvalue weighted by Crippen LogP contribution is 2.29. The second-order valence-electron chi connectivity index (χ2n) is 5.14. The molecule has 3 aromatic rings. The van der Waals surface area contributed by atoms with Gasteiger partial charge in [0, 0.05) is 11.3 Å². The Balaban J connectivity index is 1.98. The summed E-state index contributed by atoms with van der Waals surface area (Å²) in [7, 11) is 3.19. The fourth-order valence-corrected chi connectivity index (χ4v) is 2.41. The Morgan fingerprint density at radius 2 is 2.00 bits per heavy atom. The first-order valence-corrected chi connectivity index (χ1v) is 7.33. The Morgan fingerprint density at radius 3 is 2.67 bits per heavy atom. The molecule has 0 N–H and O–H groups in total. The van der Waals surface area contributed by atoms with E-state index < -0.39 is 0 Å². The minimum absolute atomic E-state index is 0.513. The van der Waals surface area contributed by atoms with Crippen molar-refractivity contribution < 1.29 is 9.47 Å². The summed E-state index contributed by atoms with van der Waals surface area (Å²) in [6, 6.07) is 7.55. The zero-order chi connectivity index (χ0) is 17.1. The number of hydrogen-bond donors (Lipinski definition) is 0. The predicted molar refractivity (Wildman–Crippen MR) is 89.2 cm³/mol. The monoisotopic (exact) mass is 326 g/mol. The molecule has 2 aromatic heterocycles. The van der Waals surface area contributed by atoms with Gasteiger partial charge in [-0.2, -0.15) is 14.9 Å². The Bertz CT molecular complexity index is 881. The SMILES string of the molecule is COc1cccc(C=Nn2cnnc2-n2nc(C)cc2C)c1OC. The lowest BCUT2D eigenvalue weighted by Gasteiger charge is -2.09. The Kier molecular flexibility index (Phi) is 4.28. The van der Waals surface area contributed by atoms with Gasteiger partial charge in [-0.15, -0.1) is 10.2 Å². The van der Waals surface area contributed by atoms with Gasteiger partial charge in [0.1, 0.15) is 6.33 Å². The van der Waals surface area contributed by atoms with Crippen molar-refractivity contribution in [3.63, 3.8) is 0 Å². The largest absolute Gasteiger partial charge is 0.493 e. The number of methoxy groups -OCH3 is 2. The molecule has 3 rings (SSSR count). The minimum Gasteiger partial charge on any atom is -0.493 e. The number of ether oxygens (including phenoxy) is 2. The lowest BCUT2D eigenvalue weighted by atomic mass is 10.2. The van der Waals surface area contributed by atoms with Gasteiger partial charge in [0.05, 0.1) is 26.1 Å². The molecule has 8 nitrogen and oxygen atoms in total. The van der Waals surface area contributed by atoms with Crippen molar-refractivity contribution >= 4 is 6.21 Å². The molecule has 0 amide bonds. The van der Waals surface area contributed by atoms with Crippen molar-refractivity contribution in [1.29, 1.82) is 0 Å². The van der Waals surface area contributed by atoms with E-state index in [0.29, 0.717) is 17.4 Å². The number of aromatic nitrogens is 5. The first kappa shape index (κ1) is 15.7. The van der Waals surface area contributed by atoms with E-state index in [9.17, 15) is 0 Å². The van der Waals surface area contributed by atoms with E-state index in [2.05, 4.69) is 20.4 Å². The highest BCUT2D eigenvalue weighted by molar-refractivity contribution is 5.85. The average Bonchev–Trinajstić information content (AvgIpc) is 3.17. The summed E-state index contributed by atoms with van der Waals surface area (Å²) in [6.07, 6.45) is 3.19. The Labute approximate surface area is 139 Å². The molecule has 8 heteroatoms. The van der Waals surface area contributed by atoms with Crippen LogP contribution in [0.4, 0.5) is 0 Å². The molecule has 0 aliphatic carbocycles. The van der Waals surface area contributed by atoms with Crippen LogP contribution in [0.15, 0.2) is 35.7 Å². The number of hydrogen-bond acceptors (Lipinski definition) is 6. The standard InChI is InChI=1S/C16H18N6O2/c1-11-8-12(2)22(20-11)16-19-17-10-21(16)18-9-13-6-5-7-14(23-3)15(13)24-4/h5-10H,1-4H3. The first-order chi connectivity index (χ1) is 11.6. The average molecular weight is 326 g/mol. The molecule has 0 spiro atoms. The summed E-state index contributed by atoms with van der Waals surface area (Å²) in [6.45, 7) is 3.88. The summed E-state index contributed by atoms with van der Waals surface area (Å²) in [4.78, 5) is 0. The van der Waals surface area contributed by atoms with E-state index in [1.54, 1.807) is 29.8 Å². The third-order valence-electron chi connectivity index (χ3n) is 3.47. The quantitative estimate of drug-likeness (QED) is 0.670. The second-order valence-corrected chi connectivity index (χ2v) is 5.14. The van der Waals surface area contributed by atoms with Crippen LogP contribution >= 0.6 is 0 Å². The van der Waals surface area contributed by atoms with Crippen LogP contribution in [0.2, 0.25) is 0 Å². The van der Waals surface area contributed by atoms with E-state index in [1.165, 1.54) is 6.33 Å². The fourth-order valence-electron chi connectivity index (χ4n) is 2.41. The summed E-state index contributed by atoms with van der Waals surface area (Å²) >= 11 is 0. The summed E-state index contributed by atoms with van der Waals surface area (Å²) in [5.74, 6) is 1.77. The highest BCUT2D eigenvalue weighted by atomic mass is 16.5. The van der Waals surface area contributed by atoms with E-state index in [-0.39, 0.29) is 0 Å². The van der Waals surface area contributed by atoms with E-state index >= 15 is 0 Å². The van der Waals surface area contributed by atoms with Crippen molar-refractivity contribution in [2.75, 3.05) is 14.2 Å². The highest BCUT2D eigenvalue weighted by Gasteiger charge is 2.11. The van der Waals surface area contributed by atoms with Crippen LogP contribution in [0.5, 0.6) is 11.5 Å². The normalized spacial score (nSPS) is 11.2. The molecular formula is C16H18N6O2. The van der Waals surface area contributed by atoms with Gasteiger partial charge in [0.25, 0.3) is 5.95 Å². The van der Waals surface area contributed by atoms with Crippen molar-refractivity contribution in [3.8, 4) is 17.4 Å². The maximum atomic E-state index is 5.40. The van der Waals surface area contributed by atoms with Gasteiger partial charge in [-0.25, -0.2) is 4.68 Å². The Morgan fingerprint density at radius 1 is 1.17 bits per heavy atom. The maximum Gasteiger partial charge on any atom is 0.273 e. The molecule has 0 aliphatic heterocycles. The molecule has 0 aliphatic rings. The van der Waals surface area contributed by atoms with Gasteiger partial charge in [0.2, 0.25) is 0 Å². The molecule has 0 bridgehead atoms. The Hall–Kier alpha value is -3.16.